The number of nitrogens with zero attached hydrogens (tertiary/aromatic N) is 1. The number of unbranched alkanes of at least 4 members (excludes halogenated alkanes) is 9. The van der Waals surface area contributed by atoms with Crippen LogP contribution in [0, 0.1) is 0 Å². The smallest absolute Gasteiger partial charge is 0.153 e. The Morgan fingerprint density at radius 2 is 1.52 bits per heavy atom. The summed E-state index contributed by atoms with van der Waals surface area (Å²) in [5, 5.41) is 0.526. The van der Waals surface area contributed by atoms with Gasteiger partial charge in [-0.3, -0.25) is 4.79 Å². The average Bonchev–Trinajstić information content (AvgIpc) is 2.64. The van der Waals surface area contributed by atoms with Gasteiger partial charge in [-0.15, -0.1) is 0 Å². The molecule has 3 nitrogen and oxygen atoms in total. The minimum absolute atomic E-state index is 0. The molecule has 0 radical (unpaired) electrons. The molecule has 168 valence electrons. The summed E-state index contributed by atoms with van der Waals surface area (Å²) in [4.78, 5) is 11.2. The van der Waals surface area contributed by atoms with Crippen LogP contribution in [0.2, 0.25) is 5.02 Å². The van der Waals surface area contributed by atoms with E-state index in [1.807, 2.05) is 0 Å². The molecule has 0 atom stereocenters. The van der Waals surface area contributed by atoms with Crippen molar-refractivity contribution < 1.29 is 31.0 Å². The van der Waals surface area contributed by atoms with Gasteiger partial charge in [0.05, 0.1) is 30.7 Å². The number of rotatable bonds is 16. The molecule has 0 N–H and O–H groups in total. The summed E-state index contributed by atoms with van der Waals surface area (Å²) in [6.07, 6.45) is 14.4. The first-order valence-electron chi connectivity index (χ1n) is 10.8. The molecular formula is C23H38Br2ClNO2. The van der Waals surface area contributed by atoms with Crippen LogP contribution >= 0.6 is 27.5 Å². The van der Waals surface area contributed by atoms with Crippen molar-refractivity contribution in [1.82, 2.24) is 0 Å². The second-order valence-electron chi connectivity index (χ2n) is 8.34. The molecule has 0 aliphatic carbocycles. The molecule has 0 aliphatic rings. The first kappa shape index (κ1) is 28.9. The predicted molar refractivity (Wildman–Crippen MR) is 124 cm³/mol. The number of quaternary nitrogens is 1. The van der Waals surface area contributed by atoms with Crippen molar-refractivity contribution in [3.05, 3.63) is 27.2 Å². The van der Waals surface area contributed by atoms with Gasteiger partial charge in [0.1, 0.15) is 18.9 Å². The predicted octanol–water partition coefficient (Wildman–Crippen LogP) is 4.30. The molecule has 1 rings (SSSR count). The van der Waals surface area contributed by atoms with Gasteiger partial charge in [0.2, 0.25) is 0 Å². The number of hydrogen-bond acceptors (Lipinski definition) is 2. The molecule has 0 bridgehead atoms. The third-order valence-electron chi connectivity index (χ3n) is 5.22. The Hall–Kier alpha value is -0.100. The zero-order valence-electron chi connectivity index (χ0n) is 18.3. The number of benzene rings is 1. The molecule has 0 aromatic heterocycles. The fourth-order valence-electron chi connectivity index (χ4n) is 3.35. The third-order valence-corrected chi connectivity index (χ3v) is 6.03. The van der Waals surface area contributed by atoms with Crippen molar-refractivity contribution in [2.45, 2.75) is 71.1 Å². The fraction of sp³-hybridized carbons (Fsp3) is 0.696. The van der Waals surface area contributed by atoms with Crippen molar-refractivity contribution in [1.29, 1.82) is 0 Å². The number of hydrogen-bond donors (Lipinski definition) is 0. The maximum Gasteiger partial charge on any atom is 0.153 e. The summed E-state index contributed by atoms with van der Waals surface area (Å²) in [5.74, 6) is 0.582. The number of likely N-dealkylation sites (N-methyl/N-ethyl adjacent to an activating group) is 1. The first-order valence-corrected chi connectivity index (χ1v) is 12.0. The van der Waals surface area contributed by atoms with Crippen LogP contribution < -0.4 is 21.7 Å². The second-order valence-corrected chi connectivity index (χ2v) is 9.63. The van der Waals surface area contributed by atoms with Gasteiger partial charge in [-0.05, 0) is 40.9 Å². The van der Waals surface area contributed by atoms with Gasteiger partial charge in [-0.1, -0.05) is 69.9 Å². The van der Waals surface area contributed by atoms with Crippen molar-refractivity contribution >= 4 is 33.8 Å². The Labute approximate surface area is 202 Å². The van der Waals surface area contributed by atoms with Gasteiger partial charge in [0.25, 0.3) is 0 Å². The van der Waals surface area contributed by atoms with Crippen LogP contribution in [-0.2, 0) is 0 Å². The lowest BCUT2D eigenvalue weighted by Crippen LogP contribution is -3.00. The summed E-state index contributed by atoms with van der Waals surface area (Å²) in [7, 11) is 4.49. The van der Waals surface area contributed by atoms with Crippen molar-refractivity contribution in [3.63, 3.8) is 0 Å². The van der Waals surface area contributed by atoms with Gasteiger partial charge >= 0.3 is 0 Å². The minimum Gasteiger partial charge on any atom is -1.00 e. The summed E-state index contributed by atoms with van der Waals surface area (Å²) in [6, 6.07) is 3.39. The maximum absolute atomic E-state index is 11.2. The van der Waals surface area contributed by atoms with E-state index in [-0.39, 0.29) is 17.0 Å². The van der Waals surface area contributed by atoms with Gasteiger partial charge in [-0.25, -0.2) is 0 Å². The summed E-state index contributed by atoms with van der Waals surface area (Å²) < 4.78 is 7.55. The van der Waals surface area contributed by atoms with Crippen LogP contribution in [0.5, 0.6) is 5.75 Å². The van der Waals surface area contributed by atoms with E-state index in [1.165, 1.54) is 64.2 Å². The van der Waals surface area contributed by atoms with Crippen LogP contribution in [0.3, 0.4) is 0 Å². The number of ether oxygens (including phenoxy) is 1. The van der Waals surface area contributed by atoms with Gasteiger partial charge in [-0.2, -0.15) is 0 Å². The monoisotopic (exact) mass is 553 g/mol. The Morgan fingerprint density at radius 3 is 2.07 bits per heavy atom. The standard InChI is InChI=1S/C23H38BrClNO2.BrH/c1-4-5-6-7-8-9-10-11-12-13-14-26(2,3)15-16-28-23-20(19-27)17-21(25)18-22(23)24;/h17-19H,4-16H2,1-3H3;1H/q+1;/p-1. The molecule has 29 heavy (non-hydrogen) atoms. The van der Waals surface area contributed by atoms with E-state index in [4.69, 9.17) is 16.3 Å². The van der Waals surface area contributed by atoms with Crippen molar-refractivity contribution in [2.75, 3.05) is 33.8 Å². The van der Waals surface area contributed by atoms with Crippen LogP contribution in [0.4, 0.5) is 0 Å². The van der Waals surface area contributed by atoms with E-state index >= 15 is 0 Å². The zero-order valence-corrected chi connectivity index (χ0v) is 22.2. The highest BCUT2D eigenvalue weighted by Crippen LogP contribution is 2.31. The summed E-state index contributed by atoms with van der Waals surface area (Å²) in [5.41, 5.74) is 0.486. The molecule has 0 amide bonds. The Kier molecular flexibility index (Phi) is 16.5. The van der Waals surface area contributed by atoms with Crippen LogP contribution in [-0.4, -0.2) is 44.6 Å². The molecular weight excluding hydrogens is 518 g/mol. The number of carbonyl (C=O) groups is 1. The Morgan fingerprint density at radius 1 is 0.966 bits per heavy atom. The highest BCUT2D eigenvalue weighted by atomic mass is 79.9. The zero-order chi connectivity index (χ0) is 20.8. The highest BCUT2D eigenvalue weighted by Gasteiger charge is 2.16. The van der Waals surface area contributed by atoms with E-state index in [0.29, 0.717) is 22.9 Å². The minimum atomic E-state index is 0. The van der Waals surface area contributed by atoms with Gasteiger partial charge in [0.15, 0.2) is 6.29 Å². The summed E-state index contributed by atoms with van der Waals surface area (Å²) in [6.45, 7) is 4.91. The maximum atomic E-state index is 11.2. The first-order chi connectivity index (χ1) is 13.4. The molecule has 0 spiro atoms. The molecule has 1 aromatic carbocycles. The number of aldehydes is 1. The number of carbonyl (C=O) groups excluding carboxylic acids is 1. The quantitative estimate of drug-likeness (QED) is 0.173. The van der Waals surface area contributed by atoms with Gasteiger partial charge < -0.3 is 26.2 Å². The van der Waals surface area contributed by atoms with Crippen LogP contribution in [0.15, 0.2) is 16.6 Å². The topological polar surface area (TPSA) is 26.3 Å². The largest absolute Gasteiger partial charge is 1.00 e. The number of halogens is 3. The van der Waals surface area contributed by atoms with Gasteiger partial charge in [0, 0.05) is 5.02 Å². The Bertz CT molecular complexity index is 582. The molecule has 0 heterocycles. The van der Waals surface area contributed by atoms with Crippen LogP contribution in [0.25, 0.3) is 0 Å². The molecule has 6 heteroatoms. The van der Waals surface area contributed by atoms with Crippen molar-refractivity contribution in [3.8, 4) is 5.75 Å². The lowest BCUT2D eigenvalue weighted by molar-refractivity contribution is -0.890. The highest BCUT2D eigenvalue weighted by molar-refractivity contribution is 9.10. The van der Waals surface area contributed by atoms with E-state index in [9.17, 15) is 4.79 Å². The van der Waals surface area contributed by atoms with E-state index in [0.717, 1.165) is 28.3 Å². The fourth-order valence-corrected chi connectivity index (χ4v) is 4.30. The molecule has 1 aromatic rings. The van der Waals surface area contributed by atoms with Crippen LogP contribution in [0.1, 0.15) is 81.5 Å². The van der Waals surface area contributed by atoms with E-state index in [1.54, 1.807) is 12.1 Å². The lowest BCUT2D eigenvalue weighted by atomic mass is 10.1. The molecule has 0 aliphatic heterocycles. The normalized spacial score (nSPS) is 11.2. The molecule has 0 fully saturated rings. The van der Waals surface area contributed by atoms with E-state index < -0.39 is 0 Å². The molecule has 0 saturated carbocycles. The third kappa shape index (κ3) is 13.0. The average molecular weight is 556 g/mol. The summed E-state index contributed by atoms with van der Waals surface area (Å²) >= 11 is 9.43. The Balaban J connectivity index is 0.00000784. The lowest BCUT2D eigenvalue weighted by Gasteiger charge is -2.30. The van der Waals surface area contributed by atoms with Crippen molar-refractivity contribution in [2.24, 2.45) is 0 Å². The second kappa shape index (κ2) is 16.6. The molecule has 0 unspecified atom stereocenters. The van der Waals surface area contributed by atoms with E-state index in [2.05, 4.69) is 36.9 Å². The SMILES string of the molecule is CCCCCCCCCCCC[N+](C)(C)CCOc1c(Br)cc(Cl)cc1C=O.[Br-]. The molecule has 0 saturated heterocycles.